The summed E-state index contributed by atoms with van der Waals surface area (Å²) in [6.07, 6.45) is 9.41. The Morgan fingerprint density at radius 1 is 1.33 bits per heavy atom. The van der Waals surface area contributed by atoms with Gasteiger partial charge in [0.15, 0.2) is 0 Å². The maximum atomic E-state index is 12.3. The molecule has 0 amide bonds. The highest BCUT2D eigenvalue weighted by Crippen LogP contribution is 2.38. The van der Waals surface area contributed by atoms with Crippen LogP contribution in [0.4, 0.5) is 0 Å². The molecule has 0 aromatic rings. The summed E-state index contributed by atoms with van der Waals surface area (Å²) in [5.74, 6) is 0.809. The lowest BCUT2D eigenvalue weighted by Crippen LogP contribution is -2.53. The van der Waals surface area contributed by atoms with Gasteiger partial charge in [0.05, 0.1) is 7.11 Å². The molecule has 3 fully saturated rings. The van der Waals surface area contributed by atoms with E-state index in [1.165, 1.54) is 52.3 Å². The van der Waals surface area contributed by atoms with Crippen LogP contribution >= 0.6 is 0 Å². The standard InChI is InChI=1S/C17H30N2O2/c1-3-13-5-4-10-19(12-13)15-8-9-17(11-15,16(20)21-2)18-14-6-7-14/h13-15,18H,3-12H2,1-2H3. The van der Waals surface area contributed by atoms with Crippen molar-refractivity contribution in [3.63, 3.8) is 0 Å². The summed E-state index contributed by atoms with van der Waals surface area (Å²) in [4.78, 5) is 15.0. The fraction of sp³-hybridized carbons (Fsp3) is 0.941. The van der Waals surface area contributed by atoms with Gasteiger partial charge >= 0.3 is 5.97 Å². The van der Waals surface area contributed by atoms with Crippen molar-refractivity contribution >= 4 is 5.97 Å². The lowest BCUT2D eigenvalue weighted by Gasteiger charge is -2.37. The van der Waals surface area contributed by atoms with Crippen molar-refractivity contribution in [1.29, 1.82) is 0 Å². The molecule has 3 aliphatic rings. The quantitative estimate of drug-likeness (QED) is 0.790. The van der Waals surface area contributed by atoms with Crippen LogP contribution in [0.2, 0.25) is 0 Å². The van der Waals surface area contributed by atoms with Crippen LogP contribution in [0.3, 0.4) is 0 Å². The molecule has 2 aliphatic carbocycles. The zero-order valence-electron chi connectivity index (χ0n) is 13.6. The van der Waals surface area contributed by atoms with Crippen LogP contribution in [0.5, 0.6) is 0 Å². The average molecular weight is 294 g/mol. The number of carbonyl (C=O) groups is 1. The van der Waals surface area contributed by atoms with Crippen molar-refractivity contribution in [2.45, 2.75) is 75.9 Å². The summed E-state index contributed by atoms with van der Waals surface area (Å²) in [5, 5.41) is 3.61. The molecule has 0 radical (unpaired) electrons. The van der Waals surface area contributed by atoms with E-state index in [2.05, 4.69) is 17.1 Å². The number of hydrogen-bond donors (Lipinski definition) is 1. The van der Waals surface area contributed by atoms with E-state index in [1.807, 2.05) is 0 Å². The van der Waals surface area contributed by atoms with Crippen LogP contribution in [0.15, 0.2) is 0 Å². The van der Waals surface area contributed by atoms with Crippen LogP contribution < -0.4 is 5.32 Å². The zero-order chi connectivity index (χ0) is 14.9. The summed E-state index contributed by atoms with van der Waals surface area (Å²) < 4.78 is 5.12. The number of likely N-dealkylation sites (tertiary alicyclic amines) is 1. The highest BCUT2D eigenvalue weighted by atomic mass is 16.5. The third-order valence-electron chi connectivity index (χ3n) is 5.77. The van der Waals surface area contributed by atoms with Gasteiger partial charge in [-0.25, -0.2) is 0 Å². The molecular formula is C17H30N2O2. The maximum absolute atomic E-state index is 12.3. The first-order valence-corrected chi connectivity index (χ1v) is 8.77. The van der Waals surface area contributed by atoms with Crippen molar-refractivity contribution in [3.05, 3.63) is 0 Å². The van der Waals surface area contributed by atoms with Gasteiger partial charge < -0.3 is 9.64 Å². The molecule has 1 N–H and O–H groups in total. The Labute approximate surface area is 128 Å². The SMILES string of the molecule is CCC1CCCN(C2CCC(NC3CC3)(C(=O)OC)C2)C1. The van der Waals surface area contributed by atoms with Gasteiger partial charge in [0.25, 0.3) is 0 Å². The molecule has 4 heteroatoms. The number of nitrogens with zero attached hydrogens (tertiary/aromatic N) is 1. The van der Waals surface area contributed by atoms with Crippen molar-refractivity contribution in [3.8, 4) is 0 Å². The smallest absolute Gasteiger partial charge is 0.326 e. The highest BCUT2D eigenvalue weighted by molar-refractivity contribution is 5.81. The molecule has 4 nitrogen and oxygen atoms in total. The van der Waals surface area contributed by atoms with E-state index in [4.69, 9.17) is 4.74 Å². The second-order valence-corrected chi connectivity index (χ2v) is 7.30. The van der Waals surface area contributed by atoms with Gasteiger partial charge in [0.2, 0.25) is 0 Å². The second kappa shape index (κ2) is 6.25. The van der Waals surface area contributed by atoms with E-state index in [1.54, 1.807) is 0 Å². The minimum absolute atomic E-state index is 0.0408. The van der Waals surface area contributed by atoms with Gasteiger partial charge in [-0.1, -0.05) is 13.3 Å². The molecule has 21 heavy (non-hydrogen) atoms. The number of rotatable bonds is 5. The zero-order valence-corrected chi connectivity index (χ0v) is 13.6. The molecule has 0 bridgehead atoms. The molecule has 0 aromatic heterocycles. The highest BCUT2D eigenvalue weighted by Gasteiger charge is 2.50. The number of hydrogen-bond acceptors (Lipinski definition) is 4. The lowest BCUT2D eigenvalue weighted by molar-refractivity contribution is -0.148. The molecule has 120 valence electrons. The van der Waals surface area contributed by atoms with Crippen LogP contribution in [-0.2, 0) is 9.53 Å². The predicted octanol–water partition coefficient (Wildman–Crippen LogP) is 2.32. The Kier molecular flexibility index (Phi) is 4.55. The molecule has 1 saturated heterocycles. The number of methoxy groups -OCH3 is 1. The van der Waals surface area contributed by atoms with Crippen molar-refractivity contribution in [1.82, 2.24) is 10.2 Å². The lowest BCUT2D eigenvalue weighted by atomic mass is 9.93. The largest absolute Gasteiger partial charge is 0.468 e. The first-order chi connectivity index (χ1) is 10.2. The molecule has 1 heterocycles. The summed E-state index contributed by atoms with van der Waals surface area (Å²) >= 11 is 0. The van der Waals surface area contributed by atoms with Gasteiger partial charge in [-0.2, -0.15) is 0 Å². The monoisotopic (exact) mass is 294 g/mol. The normalized spacial score (nSPS) is 37.6. The minimum atomic E-state index is -0.403. The molecule has 3 unspecified atom stereocenters. The van der Waals surface area contributed by atoms with Crippen molar-refractivity contribution < 1.29 is 9.53 Å². The third-order valence-corrected chi connectivity index (χ3v) is 5.77. The van der Waals surface area contributed by atoms with Gasteiger partial charge in [-0.15, -0.1) is 0 Å². The maximum Gasteiger partial charge on any atom is 0.326 e. The van der Waals surface area contributed by atoms with Crippen molar-refractivity contribution in [2.24, 2.45) is 5.92 Å². The van der Waals surface area contributed by atoms with Gasteiger partial charge in [0.1, 0.15) is 5.54 Å². The van der Waals surface area contributed by atoms with Gasteiger partial charge in [-0.05, 0) is 57.4 Å². The van der Waals surface area contributed by atoms with E-state index in [0.717, 1.165) is 25.2 Å². The molecule has 1 aliphatic heterocycles. The first-order valence-electron chi connectivity index (χ1n) is 8.77. The molecule has 0 spiro atoms. The second-order valence-electron chi connectivity index (χ2n) is 7.30. The van der Waals surface area contributed by atoms with Crippen molar-refractivity contribution in [2.75, 3.05) is 20.2 Å². The van der Waals surface area contributed by atoms with Crippen LogP contribution in [0.25, 0.3) is 0 Å². The Morgan fingerprint density at radius 2 is 2.14 bits per heavy atom. The predicted molar refractivity (Wildman–Crippen MR) is 83.1 cm³/mol. The summed E-state index contributed by atoms with van der Waals surface area (Å²) in [5.41, 5.74) is -0.403. The van der Waals surface area contributed by atoms with Crippen LogP contribution in [0, 0.1) is 5.92 Å². The fourth-order valence-electron chi connectivity index (χ4n) is 4.28. The Morgan fingerprint density at radius 3 is 2.81 bits per heavy atom. The first kappa shape index (κ1) is 15.3. The molecule has 3 rings (SSSR count). The van der Waals surface area contributed by atoms with E-state index in [9.17, 15) is 4.79 Å². The molecular weight excluding hydrogens is 264 g/mol. The molecule has 2 saturated carbocycles. The van der Waals surface area contributed by atoms with E-state index < -0.39 is 5.54 Å². The van der Waals surface area contributed by atoms with E-state index in [-0.39, 0.29) is 5.97 Å². The fourth-order valence-corrected chi connectivity index (χ4v) is 4.28. The van der Waals surface area contributed by atoms with E-state index >= 15 is 0 Å². The summed E-state index contributed by atoms with van der Waals surface area (Å²) in [6, 6.07) is 1.11. The molecule has 3 atom stereocenters. The van der Waals surface area contributed by atoms with E-state index in [0.29, 0.717) is 12.1 Å². The number of carbonyl (C=O) groups excluding carboxylic acids is 1. The third kappa shape index (κ3) is 3.26. The Bertz CT molecular complexity index is 383. The number of esters is 1. The number of nitrogens with one attached hydrogen (secondary N) is 1. The van der Waals surface area contributed by atoms with Gasteiger partial charge in [0, 0.05) is 18.6 Å². The minimum Gasteiger partial charge on any atom is -0.468 e. The summed E-state index contributed by atoms with van der Waals surface area (Å²) in [7, 11) is 1.53. The Balaban J connectivity index is 1.65. The topological polar surface area (TPSA) is 41.6 Å². The number of ether oxygens (including phenoxy) is 1. The van der Waals surface area contributed by atoms with Gasteiger partial charge in [-0.3, -0.25) is 10.1 Å². The number of piperidine rings is 1. The average Bonchev–Trinajstić information content (AvgIpc) is 3.23. The van der Waals surface area contributed by atoms with Crippen LogP contribution in [0.1, 0.15) is 58.3 Å². The van der Waals surface area contributed by atoms with Crippen LogP contribution in [-0.4, -0.2) is 48.7 Å². The Hall–Kier alpha value is -0.610. The summed E-state index contributed by atoms with van der Waals surface area (Å²) in [6.45, 7) is 4.74. The molecule has 0 aromatic carbocycles.